The molecule has 1 aliphatic rings. The Bertz CT molecular complexity index is 976. The molecule has 2 aromatic heterocycles. The molecule has 1 aliphatic heterocycles. The smallest absolute Gasteiger partial charge is 0.227 e. The average Bonchev–Trinajstić information content (AvgIpc) is 3.27. The van der Waals surface area contributed by atoms with E-state index in [9.17, 15) is 4.79 Å². The van der Waals surface area contributed by atoms with Crippen molar-refractivity contribution in [2.24, 2.45) is 0 Å². The zero-order chi connectivity index (χ0) is 19.7. The van der Waals surface area contributed by atoms with Crippen LogP contribution in [0.25, 0.3) is 5.69 Å². The molecule has 1 unspecified atom stereocenters. The third-order valence-electron chi connectivity index (χ3n) is 4.84. The first-order valence-corrected chi connectivity index (χ1v) is 9.31. The van der Waals surface area contributed by atoms with E-state index in [4.69, 9.17) is 9.26 Å². The number of rotatable bonds is 4. The van der Waals surface area contributed by atoms with E-state index in [0.29, 0.717) is 37.9 Å². The van der Waals surface area contributed by atoms with Crippen LogP contribution in [0.3, 0.4) is 0 Å². The molecule has 3 aromatic rings. The molecule has 0 N–H and O–H groups in total. The minimum atomic E-state index is -0.312. The van der Waals surface area contributed by atoms with Gasteiger partial charge in [-0.3, -0.25) is 4.79 Å². The van der Waals surface area contributed by atoms with Crippen LogP contribution in [0.5, 0.6) is 0 Å². The molecule has 28 heavy (non-hydrogen) atoms. The first-order valence-electron chi connectivity index (χ1n) is 9.31. The predicted molar refractivity (Wildman–Crippen MR) is 101 cm³/mol. The maximum absolute atomic E-state index is 12.9. The molecule has 4 rings (SSSR count). The van der Waals surface area contributed by atoms with Crippen molar-refractivity contribution in [3.63, 3.8) is 0 Å². The minimum absolute atomic E-state index is 0.0228. The average molecular weight is 381 g/mol. The number of nitrogens with zero attached hydrogens (tertiary/aromatic N) is 5. The van der Waals surface area contributed by atoms with Gasteiger partial charge in [-0.25, -0.2) is 4.68 Å². The third-order valence-corrected chi connectivity index (χ3v) is 4.84. The highest BCUT2D eigenvalue weighted by molar-refractivity contribution is 5.79. The Balaban J connectivity index is 1.48. The van der Waals surface area contributed by atoms with Crippen LogP contribution in [-0.2, 0) is 16.0 Å². The van der Waals surface area contributed by atoms with Crippen LogP contribution in [-0.4, -0.2) is 50.5 Å². The van der Waals surface area contributed by atoms with Gasteiger partial charge in [0.05, 0.1) is 31.0 Å². The van der Waals surface area contributed by atoms with Crippen LogP contribution in [0.1, 0.15) is 34.7 Å². The molecule has 0 saturated carbocycles. The van der Waals surface area contributed by atoms with Crippen molar-refractivity contribution in [3.05, 3.63) is 59.0 Å². The van der Waals surface area contributed by atoms with Crippen LogP contribution in [0.4, 0.5) is 0 Å². The van der Waals surface area contributed by atoms with Gasteiger partial charge in [-0.1, -0.05) is 17.3 Å². The summed E-state index contributed by atoms with van der Waals surface area (Å²) in [5.41, 5.74) is 3.98. The molecule has 1 saturated heterocycles. The number of ether oxygens (including phenoxy) is 1. The Morgan fingerprint density at radius 3 is 2.64 bits per heavy atom. The van der Waals surface area contributed by atoms with E-state index in [-0.39, 0.29) is 11.9 Å². The highest BCUT2D eigenvalue weighted by Crippen LogP contribution is 2.23. The van der Waals surface area contributed by atoms with Crippen molar-refractivity contribution in [1.82, 2.24) is 24.8 Å². The highest BCUT2D eigenvalue weighted by Gasteiger charge is 2.31. The van der Waals surface area contributed by atoms with Crippen molar-refractivity contribution in [2.45, 2.75) is 33.2 Å². The molecule has 0 spiro atoms. The highest BCUT2D eigenvalue weighted by atomic mass is 16.5. The van der Waals surface area contributed by atoms with Crippen LogP contribution in [0, 0.1) is 20.8 Å². The topological polar surface area (TPSA) is 86.3 Å². The van der Waals surface area contributed by atoms with Crippen LogP contribution >= 0.6 is 0 Å². The van der Waals surface area contributed by atoms with E-state index >= 15 is 0 Å². The van der Waals surface area contributed by atoms with Gasteiger partial charge in [-0.2, -0.15) is 10.1 Å². The zero-order valence-corrected chi connectivity index (χ0v) is 16.3. The fourth-order valence-corrected chi connectivity index (χ4v) is 3.49. The van der Waals surface area contributed by atoms with Gasteiger partial charge in [0.25, 0.3) is 0 Å². The van der Waals surface area contributed by atoms with E-state index < -0.39 is 0 Å². The first-order chi connectivity index (χ1) is 13.5. The number of aromatic nitrogens is 4. The zero-order valence-electron chi connectivity index (χ0n) is 16.3. The van der Waals surface area contributed by atoms with Gasteiger partial charge in [-0.15, -0.1) is 0 Å². The van der Waals surface area contributed by atoms with Crippen LogP contribution < -0.4 is 0 Å². The molecule has 0 bridgehead atoms. The Kier molecular flexibility index (Phi) is 4.95. The number of aryl methyl sites for hydroxylation is 3. The Hall–Kier alpha value is -3.00. The van der Waals surface area contributed by atoms with E-state index in [0.717, 1.165) is 22.6 Å². The summed E-state index contributed by atoms with van der Waals surface area (Å²) < 4.78 is 12.5. The van der Waals surface area contributed by atoms with Gasteiger partial charge >= 0.3 is 0 Å². The molecule has 1 aromatic carbocycles. The minimum Gasteiger partial charge on any atom is -0.377 e. The van der Waals surface area contributed by atoms with Crippen LogP contribution in [0.2, 0.25) is 0 Å². The number of hydrogen-bond acceptors (Lipinski definition) is 6. The lowest BCUT2D eigenvalue weighted by Crippen LogP contribution is -2.44. The molecule has 1 atom stereocenters. The molecule has 8 heteroatoms. The predicted octanol–water partition coefficient (Wildman–Crippen LogP) is 2.32. The molecule has 146 valence electrons. The SMILES string of the molecule is Cc1cc(C)n(-c2ccc(CC(=O)N3CCOCC3c3noc(C)n3)cc2)n1. The number of amides is 1. The van der Waals surface area contributed by atoms with Gasteiger partial charge in [-0.05, 0) is 37.6 Å². The summed E-state index contributed by atoms with van der Waals surface area (Å²) in [6.45, 7) is 7.13. The molecule has 8 nitrogen and oxygen atoms in total. The van der Waals surface area contributed by atoms with Gasteiger partial charge in [0.2, 0.25) is 11.8 Å². The number of benzene rings is 1. The second-order valence-corrected chi connectivity index (χ2v) is 7.03. The van der Waals surface area contributed by atoms with Gasteiger partial charge in [0.1, 0.15) is 6.04 Å². The molecule has 1 fully saturated rings. The number of carbonyl (C=O) groups excluding carboxylic acids is 1. The monoisotopic (exact) mass is 381 g/mol. The summed E-state index contributed by atoms with van der Waals surface area (Å²) in [6, 6.07) is 9.64. The summed E-state index contributed by atoms with van der Waals surface area (Å²) in [5.74, 6) is 0.993. The van der Waals surface area contributed by atoms with Gasteiger partial charge in [0.15, 0.2) is 5.82 Å². The van der Waals surface area contributed by atoms with Crippen molar-refractivity contribution < 1.29 is 14.1 Å². The standard InChI is InChI=1S/C20H23N5O3/c1-13-10-14(2)25(22-13)17-6-4-16(5-7-17)11-19(26)24-8-9-27-12-18(24)20-21-15(3)28-23-20/h4-7,10,18H,8-9,11-12H2,1-3H3. The summed E-state index contributed by atoms with van der Waals surface area (Å²) >= 11 is 0. The van der Waals surface area contributed by atoms with Crippen molar-refractivity contribution in [1.29, 1.82) is 0 Å². The van der Waals surface area contributed by atoms with Crippen molar-refractivity contribution >= 4 is 5.91 Å². The molecule has 0 radical (unpaired) electrons. The van der Waals surface area contributed by atoms with E-state index in [2.05, 4.69) is 15.2 Å². The largest absolute Gasteiger partial charge is 0.377 e. The van der Waals surface area contributed by atoms with Gasteiger partial charge in [0, 0.05) is 19.2 Å². The Morgan fingerprint density at radius 1 is 1.21 bits per heavy atom. The Morgan fingerprint density at radius 2 is 2.00 bits per heavy atom. The summed E-state index contributed by atoms with van der Waals surface area (Å²) in [7, 11) is 0. The van der Waals surface area contributed by atoms with Crippen molar-refractivity contribution in [2.75, 3.05) is 19.8 Å². The lowest BCUT2D eigenvalue weighted by atomic mass is 10.1. The summed E-state index contributed by atoms with van der Waals surface area (Å²) in [5, 5.41) is 8.46. The first kappa shape index (κ1) is 18.4. The molecule has 0 aliphatic carbocycles. The number of morpholine rings is 1. The lowest BCUT2D eigenvalue weighted by Gasteiger charge is -2.33. The van der Waals surface area contributed by atoms with Crippen LogP contribution in [0.15, 0.2) is 34.9 Å². The second kappa shape index (κ2) is 7.55. The number of hydrogen-bond donors (Lipinski definition) is 0. The molecule has 3 heterocycles. The molecular formula is C20H23N5O3. The summed E-state index contributed by atoms with van der Waals surface area (Å²) in [4.78, 5) is 19.0. The van der Waals surface area contributed by atoms with Crippen molar-refractivity contribution in [3.8, 4) is 5.69 Å². The maximum Gasteiger partial charge on any atom is 0.227 e. The Labute approximate surface area is 163 Å². The quantitative estimate of drug-likeness (QED) is 0.689. The fourth-order valence-electron chi connectivity index (χ4n) is 3.49. The van der Waals surface area contributed by atoms with Gasteiger partial charge < -0.3 is 14.2 Å². The molecule has 1 amide bonds. The second-order valence-electron chi connectivity index (χ2n) is 7.03. The lowest BCUT2D eigenvalue weighted by molar-refractivity contribution is -0.139. The van der Waals surface area contributed by atoms with E-state index in [1.165, 1.54) is 0 Å². The number of carbonyl (C=O) groups is 1. The maximum atomic E-state index is 12.9. The molecular weight excluding hydrogens is 358 g/mol. The third kappa shape index (κ3) is 3.68. The normalized spacial score (nSPS) is 17.1. The van der Waals surface area contributed by atoms with E-state index in [1.807, 2.05) is 48.9 Å². The van der Waals surface area contributed by atoms with E-state index in [1.54, 1.807) is 11.8 Å². The fraction of sp³-hybridized carbons (Fsp3) is 0.400. The summed E-state index contributed by atoms with van der Waals surface area (Å²) in [6.07, 6.45) is 0.310.